The second kappa shape index (κ2) is 4.46. The molecule has 1 N–H and O–H groups in total. The Labute approximate surface area is 82.6 Å². The zero-order chi connectivity index (χ0) is 10.6. The van der Waals surface area contributed by atoms with Crippen LogP contribution in [0.15, 0.2) is 30.9 Å². The Hall–Kier alpha value is -1.77. The van der Waals surface area contributed by atoms with Crippen molar-refractivity contribution in [3.8, 4) is 5.75 Å². The highest BCUT2D eigenvalue weighted by Crippen LogP contribution is 2.17. The van der Waals surface area contributed by atoms with Crippen molar-refractivity contribution in [1.82, 2.24) is 0 Å². The average molecular weight is 192 g/mol. The Morgan fingerprint density at radius 1 is 1.57 bits per heavy atom. The van der Waals surface area contributed by atoms with Crippen LogP contribution < -0.4 is 4.74 Å². The van der Waals surface area contributed by atoms with E-state index in [-0.39, 0.29) is 5.56 Å². The van der Waals surface area contributed by atoms with E-state index in [0.717, 1.165) is 5.56 Å². The van der Waals surface area contributed by atoms with Crippen LogP contribution in [0.1, 0.15) is 15.9 Å². The molecule has 0 atom stereocenters. The lowest BCUT2D eigenvalue weighted by atomic mass is 10.1. The second-order valence-corrected chi connectivity index (χ2v) is 2.87. The number of carbonyl (C=O) groups is 1. The zero-order valence-corrected chi connectivity index (χ0v) is 7.99. The number of hydrogen-bond acceptors (Lipinski definition) is 2. The lowest BCUT2D eigenvalue weighted by Gasteiger charge is -2.04. The molecule has 0 saturated heterocycles. The summed E-state index contributed by atoms with van der Waals surface area (Å²) in [7, 11) is 1.51. The van der Waals surface area contributed by atoms with Crippen molar-refractivity contribution in [2.45, 2.75) is 6.42 Å². The molecule has 1 rings (SSSR count). The molecule has 0 fully saturated rings. The Morgan fingerprint density at radius 3 is 2.79 bits per heavy atom. The summed E-state index contributed by atoms with van der Waals surface area (Å²) in [6.07, 6.45) is 2.36. The fourth-order valence-corrected chi connectivity index (χ4v) is 1.19. The molecule has 0 unspecified atom stereocenters. The van der Waals surface area contributed by atoms with Crippen LogP contribution in [0.2, 0.25) is 0 Å². The second-order valence-electron chi connectivity index (χ2n) is 2.87. The Morgan fingerprint density at radius 2 is 2.29 bits per heavy atom. The molecule has 0 aromatic heterocycles. The van der Waals surface area contributed by atoms with Crippen molar-refractivity contribution < 1.29 is 14.6 Å². The third kappa shape index (κ3) is 2.36. The monoisotopic (exact) mass is 192 g/mol. The van der Waals surface area contributed by atoms with E-state index in [1.165, 1.54) is 13.2 Å². The van der Waals surface area contributed by atoms with Crippen molar-refractivity contribution in [2.24, 2.45) is 0 Å². The van der Waals surface area contributed by atoms with Gasteiger partial charge in [-0.05, 0) is 30.2 Å². The molecule has 0 bridgehead atoms. The number of carboxylic acids is 1. The van der Waals surface area contributed by atoms with E-state index in [2.05, 4.69) is 6.58 Å². The van der Waals surface area contributed by atoms with E-state index in [4.69, 9.17) is 9.84 Å². The maximum atomic E-state index is 10.7. The van der Waals surface area contributed by atoms with Gasteiger partial charge in [0.15, 0.2) is 0 Å². The first-order chi connectivity index (χ1) is 6.67. The number of carboxylic acid groups (broad SMARTS) is 1. The summed E-state index contributed by atoms with van der Waals surface area (Å²) in [5.41, 5.74) is 1.12. The van der Waals surface area contributed by atoms with Gasteiger partial charge in [0, 0.05) is 0 Å². The van der Waals surface area contributed by atoms with E-state index in [0.29, 0.717) is 12.2 Å². The fraction of sp³-hybridized carbons (Fsp3) is 0.182. The molecule has 0 aliphatic carbocycles. The maximum absolute atomic E-state index is 10.7. The standard InChI is InChI=1S/C11H12O3/c1-3-4-8-5-9(11(12)13)7-10(6-8)14-2/h3,5-7H,1,4H2,2H3,(H,12,13). The van der Waals surface area contributed by atoms with Crippen molar-refractivity contribution >= 4 is 5.97 Å². The minimum absolute atomic E-state index is 0.237. The number of rotatable bonds is 4. The van der Waals surface area contributed by atoms with Crippen LogP contribution >= 0.6 is 0 Å². The zero-order valence-electron chi connectivity index (χ0n) is 7.99. The maximum Gasteiger partial charge on any atom is 0.335 e. The largest absolute Gasteiger partial charge is 0.497 e. The molecular formula is C11H12O3. The Balaban J connectivity index is 3.12. The number of methoxy groups -OCH3 is 1. The molecule has 0 spiro atoms. The first-order valence-corrected chi connectivity index (χ1v) is 4.19. The van der Waals surface area contributed by atoms with Gasteiger partial charge in [0.05, 0.1) is 12.7 Å². The van der Waals surface area contributed by atoms with Gasteiger partial charge in [0.2, 0.25) is 0 Å². The first-order valence-electron chi connectivity index (χ1n) is 4.19. The smallest absolute Gasteiger partial charge is 0.335 e. The van der Waals surface area contributed by atoms with Crippen molar-refractivity contribution in [3.05, 3.63) is 42.0 Å². The summed E-state index contributed by atoms with van der Waals surface area (Å²) in [6, 6.07) is 4.91. The van der Waals surface area contributed by atoms with Gasteiger partial charge in [-0.1, -0.05) is 6.08 Å². The fourth-order valence-electron chi connectivity index (χ4n) is 1.19. The van der Waals surface area contributed by atoms with E-state index >= 15 is 0 Å². The summed E-state index contributed by atoms with van der Waals surface area (Å²) >= 11 is 0. The minimum Gasteiger partial charge on any atom is -0.497 e. The molecule has 0 amide bonds. The topological polar surface area (TPSA) is 46.5 Å². The molecule has 0 radical (unpaired) electrons. The SMILES string of the molecule is C=CCc1cc(OC)cc(C(=O)O)c1. The van der Waals surface area contributed by atoms with Gasteiger partial charge < -0.3 is 9.84 Å². The molecule has 1 aromatic rings. The number of aromatic carboxylic acids is 1. The van der Waals surface area contributed by atoms with Crippen LogP contribution in [0.4, 0.5) is 0 Å². The molecule has 0 aliphatic heterocycles. The average Bonchev–Trinajstić information content (AvgIpc) is 2.17. The van der Waals surface area contributed by atoms with Gasteiger partial charge in [-0.25, -0.2) is 4.79 Å². The van der Waals surface area contributed by atoms with Crippen LogP contribution in [0.25, 0.3) is 0 Å². The van der Waals surface area contributed by atoms with Gasteiger partial charge in [0.25, 0.3) is 0 Å². The number of benzene rings is 1. The van der Waals surface area contributed by atoms with Gasteiger partial charge >= 0.3 is 5.97 Å². The summed E-state index contributed by atoms with van der Waals surface area (Å²) in [5.74, 6) is -0.393. The summed E-state index contributed by atoms with van der Waals surface area (Å²) in [5, 5.41) is 8.82. The molecule has 1 aromatic carbocycles. The van der Waals surface area contributed by atoms with E-state index in [1.807, 2.05) is 0 Å². The highest BCUT2D eigenvalue weighted by molar-refractivity contribution is 5.88. The predicted octanol–water partition coefficient (Wildman–Crippen LogP) is 2.12. The summed E-state index contributed by atoms with van der Waals surface area (Å²) in [4.78, 5) is 10.7. The van der Waals surface area contributed by atoms with Crippen LogP contribution in [0, 0.1) is 0 Å². The van der Waals surface area contributed by atoms with Gasteiger partial charge in [-0.3, -0.25) is 0 Å². The van der Waals surface area contributed by atoms with Gasteiger partial charge in [-0.2, -0.15) is 0 Å². The number of hydrogen-bond donors (Lipinski definition) is 1. The normalized spacial score (nSPS) is 9.50. The molecule has 14 heavy (non-hydrogen) atoms. The first kappa shape index (κ1) is 10.3. The van der Waals surface area contributed by atoms with Crippen molar-refractivity contribution in [2.75, 3.05) is 7.11 Å². The van der Waals surface area contributed by atoms with E-state index < -0.39 is 5.97 Å². The molecule has 0 saturated carbocycles. The van der Waals surface area contributed by atoms with E-state index in [1.54, 1.807) is 18.2 Å². The number of allylic oxidation sites excluding steroid dienone is 1. The highest BCUT2D eigenvalue weighted by Gasteiger charge is 2.06. The van der Waals surface area contributed by atoms with Crippen LogP contribution in [-0.2, 0) is 6.42 Å². The van der Waals surface area contributed by atoms with Gasteiger partial charge in [-0.15, -0.1) is 6.58 Å². The minimum atomic E-state index is -0.950. The van der Waals surface area contributed by atoms with Crippen molar-refractivity contribution in [1.29, 1.82) is 0 Å². The molecular weight excluding hydrogens is 180 g/mol. The third-order valence-corrected chi connectivity index (χ3v) is 1.83. The van der Waals surface area contributed by atoms with Crippen molar-refractivity contribution in [3.63, 3.8) is 0 Å². The molecule has 3 heteroatoms. The number of ether oxygens (including phenoxy) is 1. The molecule has 3 nitrogen and oxygen atoms in total. The van der Waals surface area contributed by atoms with Crippen LogP contribution in [0.5, 0.6) is 5.75 Å². The predicted molar refractivity (Wildman–Crippen MR) is 53.9 cm³/mol. The highest BCUT2D eigenvalue weighted by atomic mass is 16.5. The quantitative estimate of drug-likeness (QED) is 0.743. The van der Waals surface area contributed by atoms with Crippen LogP contribution in [-0.4, -0.2) is 18.2 Å². The lowest BCUT2D eigenvalue weighted by molar-refractivity contribution is 0.0696. The summed E-state index contributed by atoms with van der Waals surface area (Å²) in [6.45, 7) is 3.60. The Kier molecular flexibility index (Phi) is 3.29. The van der Waals surface area contributed by atoms with Gasteiger partial charge in [0.1, 0.15) is 5.75 Å². The lowest BCUT2D eigenvalue weighted by Crippen LogP contribution is -1.98. The molecule has 74 valence electrons. The molecule has 0 heterocycles. The summed E-state index contributed by atoms with van der Waals surface area (Å²) < 4.78 is 4.99. The third-order valence-electron chi connectivity index (χ3n) is 1.83. The Bertz CT molecular complexity index is 356. The van der Waals surface area contributed by atoms with Crippen LogP contribution in [0.3, 0.4) is 0 Å². The molecule has 0 aliphatic rings. The van der Waals surface area contributed by atoms with E-state index in [9.17, 15) is 4.79 Å².